The first kappa shape index (κ1) is 15.9. The van der Waals surface area contributed by atoms with Crippen molar-refractivity contribution in [3.63, 3.8) is 0 Å². The highest BCUT2D eigenvalue weighted by Gasteiger charge is 2.13. The largest absolute Gasteiger partial charge is 0.493 e. The van der Waals surface area contributed by atoms with E-state index in [1.165, 1.54) is 21.1 Å². The Balaban J connectivity index is 2.11. The third kappa shape index (κ3) is 3.79. The van der Waals surface area contributed by atoms with E-state index in [2.05, 4.69) is 14.7 Å². The Kier molecular flexibility index (Phi) is 5.05. The number of nitrogens with one attached hydrogen (secondary N) is 1. The first-order valence-electron chi connectivity index (χ1n) is 6.39. The highest BCUT2D eigenvalue weighted by Crippen LogP contribution is 2.27. The third-order valence-corrected chi connectivity index (χ3v) is 3.41. The van der Waals surface area contributed by atoms with E-state index in [1.54, 1.807) is 18.2 Å². The van der Waals surface area contributed by atoms with Crippen LogP contribution in [0.25, 0.3) is 0 Å². The Morgan fingerprint density at radius 3 is 2.59 bits per heavy atom. The zero-order valence-corrected chi connectivity index (χ0v) is 13.2. The van der Waals surface area contributed by atoms with Gasteiger partial charge in [0.2, 0.25) is 5.13 Å². The summed E-state index contributed by atoms with van der Waals surface area (Å²) in [5, 5.41) is 2.98. The summed E-state index contributed by atoms with van der Waals surface area (Å²) in [6.45, 7) is 1.46. The van der Waals surface area contributed by atoms with Crippen molar-refractivity contribution in [2.45, 2.75) is 13.3 Å². The summed E-state index contributed by atoms with van der Waals surface area (Å²) in [6, 6.07) is 4.84. The third-order valence-electron chi connectivity index (χ3n) is 2.74. The maximum Gasteiger partial charge on any atom is 0.257 e. The fourth-order valence-electron chi connectivity index (χ4n) is 1.75. The van der Waals surface area contributed by atoms with Crippen LogP contribution in [0.15, 0.2) is 18.2 Å². The molecule has 0 unspecified atom stereocenters. The SMILES string of the molecule is COc1ccc(C(=O)Nc2nc(CC(C)=O)ns2)cc1OC. The zero-order chi connectivity index (χ0) is 16.1. The average Bonchev–Trinajstić information content (AvgIpc) is 2.92. The van der Waals surface area contributed by atoms with E-state index >= 15 is 0 Å². The molecule has 2 aromatic rings. The summed E-state index contributed by atoms with van der Waals surface area (Å²) in [4.78, 5) is 27.3. The highest BCUT2D eigenvalue weighted by molar-refractivity contribution is 7.09. The number of ketones is 1. The summed E-state index contributed by atoms with van der Waals surface area (Å²) >= 11 is 1.03. The van der Waals surface area contributed by atoms with Gasteiger partial charge < -0.3 is 9.47 Å². The second-order valence-corrected chi connectivity index (χ2v) is 5.17. The number of anilines is 1. The molecule has 1 N–H and O–H groups in total. The minimum absolute atomic E-state index is 0.0319. The molecule has 2 rings (SSSR count). The van der Waals surface area contributed by atoms with Gasteiger partial charge in [0.25, 0.3) is 5.91 Å². The molecule has 0 saturated carbocycles. The molecule has 116 valence electrons. The predicted molar refractivity (Wildman–Crippen MR) is 81.8 cm³/mol. The van der Waals surface area contributed by atoms with E-state index in [0.717, 1.165) is 11.5 Å². The van der Waals surface area contributed by atoms with Crippen LogP contribution in [0.3, 0.4) is 0 Å². The van der Waals surface area contributed by atoms with Crippen molar-refractivity contribution in [2.75, 3.05) is 19.5 Å². The number of aromatic nitrogens is 2. The molecule has 0 fully saturated rings. The lowest BCUT2D eigenvalue weighted by molar-refractivity contribution is -0.116. The van der Waals surface area contributed by atoms with Crippen molar-refractivity contribution >= 4 is 28.4 Å². The van der Waals surface area contributed by atoms with Crippen LogP contribution >= 0.6 is 11.5 Å². The summed E-state index contributed by atoms with van der Waals surface area (Å²) in [7, 11) is 3.02. The molecular formula is C14H15N3O4S. The Morgan fingerprint density at radius 1 is 1.23 bits per heavy atom. The number of hydrogen-bond donors (Lipinski definition) is 1. The number of methoxy groups -OCH3 is 2. The van der Waals surface area contributed by atoms with Crippen LogP contribution in [-0.2, 0) is 11.2 Å². The average molecular weight is 321 g/mol. The summed E-state index contributed by atoms with van der Waals surface area (Å²) in [5.74, 6) is 1.03. The maximum absolute atomic E-state index is 12.2. The first-order valence-corrected chi connectivity index (χ1v) is 7.16. The smallest absolute Gasteiger partial charge is 0.257 e. The number of rotatable bonds is 6. The van der Waals surface area contributed by atoms with E-state index in [9.17, 15) is 9.59 Å². The number of hydrogen-bond acceptors (Lipinski definition) is 7. The lowest BCUT2D eigenvalue weighted by Gasteiger charge is -2.08. The molecule has 7 nitrogen and oxygen atoms in total. The van der Waals surface area contributed by atoms with Crippen molar-refractivity contribution in [3.05, 3.63) is 29.6 Å². The zero-order valence-electron chi connectivity index (χ0n) is 12.4. The first-order chi connectivity index (χ1) is 10.5. The van der Waals surface area contributed by atoms with Crippen LogP contribution in [0.1, 0.15) is 23.1 Å². The number of amides is 1. The minimum atomic E-state index is -0.341. The number of nitrogens with zero attached hydrogens (tertiary/aromatic N) is 2. The van der Waals surface area contributed by atoms with E-state index in [4.69, 9.17) is 9.47 Å². The van der Waals surface area contributed by atoms with Gasteiger partial charge in [-0.2, -0.15) is 4.37 Å². The molecule has 0 aliphatic heterocycles. The van der Waals surface area contributed by atoms with Crippen molar-refractivity contribution in [1.82, 2.24) is 9.36 Å². The Labute approximate surface area is 131 Å². The number of benzene rings is 1. The second-order valence-electron chi connectivity index (χ2n) is 4.42. The molecular weight excluding hydrogens is 306 g/mol. The normalized spacial score (nSPS) is 10.1. The highest BCUT2D eigenvalue weighted by atomic mass is 32.1. The number of carbonyl (C=O) groups excluding carboxylic acids is 2. The lowest BCUT2D eigenvalue weighted by atomic mass is 10.2. The molecule has 0 bridgehead atoms. The molecule has 0 spiro atoms. The Hall–Kier alpha value is -2.48. The van der Waals surface area contributed by atoms with Crippen molar-refractivity contribution in [1.29, 1.82) is 0 Å². The van der Waals surface area contributed by atoms with Crippen molar-refractivity contribution in [2.24, 2.45) is 0 Å². The quantitative estimate of drug-likeness (QED) is 0.874. The molecule has 0 aliphatic rings. The van der Waals surface area contributed by atoms with Gasteiger partial charge in [-0.3, -0.25) is 14.9 Å². The van der Waals surface area contributed by atoms with Gasteiger partial charge in [-0.15, -0.1) is 0 Å². The molecule has 8 heteroatoms. The second kappa shape index (κ2) is 6.99. The molecule has 0 saturated heterocycles. The number of carbonyl (C=O) groups is 2. The summed E-state index contributed by atoms with van der Waals surface area (Å²) < 4.78 is 14.3. The van der Waals surface area contributed by atoms with E-state index < -0.39 is 0 Å². The molecule has 22 heavy (non-hydrogen) atoms. The van der Waals surface area contributed by atoms with Crippen molar-refractivity contribution < 1.29 is 19.1 Å². The van der Waals surface area contributed by atoms with Crippen LogP contribution in [0.4, 0.5) is 5.13 Å². The molecule has 1 aromatic heterocycles. The van der Waals surface area contributed by atoms with Crippen molar-refractivity contribution in [3.8, 4) is 11.5 Å². The lowest BCUT2D eigenvalue weighted by Crippen LogP contribution is -2.12. The van der Waals surface area contributed by atoms with Crippen LogP contribution in [-0.4, -0.2) is 35.3 Å². The Morgan fingerprint density at radius 2 is 1.95 bits per heavy atom. The molecule has 1 heterocycles. The van der Waals surface area contributed by atoms with Crippen LogP contribution in [0, 0.1) is 0 Å². The monoisotopic (exact) mass is 321 g/mol. The van der Waals surface area contributed by atoms with Crippen LogP contribution in [0.2, 0.25) is 0 Å². The fourth-order valence-corrected chi connectivity index (χ4v) is 2.33. The maximum atomic E-state index is 12.2. The van der Waals surface area contributed by atoms with Crippen LogP contribution in [0.5, 0.6) is 11.5 Å². The van der Waals surface area contributed by atoms with E-state index in [-0.39, 0.29) is 18.1 Å². The molecule has 0 radical (unpaired) electrons. The predicted octanol–water partition coefficient (Wildman–Crippen LogP) is 1.94. The van der Waals surface area contributed by atoms with Gasteiger partial charge in [0.1, 0.15) is 5.78 Å². The van der Waals surface area contributed by atoms with Gasteiger partial charge in [-0.1, -0.05) is 0 Å². The topological polar surface area (TPSA) is 90.4 Å². The number of ether oxygens (including phenoxy) is 2. The minimum Gasteiger partial charge on any atom is -0.493 e. The molecule has 0 aliphatic carbocycles. The molecule has 0 atom stereocenters. The Bertz CT molecular complexity index is 699. The molecule has 1 aromatic carbocycles. The number of Topliss-reactive ketones (excluding diaryl/α,β-unsaturated/α-hetero) is 1. The van der Waals surface area contributed by atoms with Gasteiger partial charge in [-0.25, -0.2) is 4.98 Å². The van der Waals surface area contributed by atoms with Gasteiger partial charge in [0, 0.05) is 17.1 Å². The van der Waals surface area contributed by atoms with Gasteiger partial charge in [-0.05, 0) is 25.1 Å². The van der Waals surface area contributed by atoms with E-state index in [1.807, 2.05) is 0 Å². The van der Waals surface area contributed by atoms with Gasteiger partial charge in [0.05, 0.1) is 20.6 Å². The van der Waals surface area contributed by atoms with E-state index in [0.29, 0.717) is 28.0 Å². The summed E-state index contributed by atoms with van der Waals surface area (Å²) in [6.07, 6.45) is 0.155. The van der Waals surface area contributed by atoms with Crippen LogP contribution < -0.4 is 14.8 Å². The van der Waals surface area contributed by atoms with Gasteiger partial charge >= 0.3 is 0 Å². The standard InChI is InChI=1S/C14H15N3O4S/c1-8(18)6-12-15-14(22-17-12)16-13(19)9-4-5-10(20-2)11(7-9)21-3/h4-5,7H,6H2,1-3H3,(H,15,16,17,19). The fraction of sp³-hybridized carbons (Fsp3) is 0.286. The molecule has 1 amide bonds. The van der Waals surface area contributed by atoms with Gasteiger partial charge in [0.15, 0.2) is 17.3 Å². The summed E-state index contributed by atoms with van der Waals surface area (Å²) in [5.41, 5.74) is 0.404.